The van der Waals surface area contributed by atoms with Gasteiger partial charge in [0.05, 0.1) is 17.7 Å². The Hall–Kier alpha value is -5.05. The van der Waals surface area contributed by atoms with Crippen molar-refractivity contribution in [2.75, 3.05) is 13.2 Å². The van der Waals surface area contributed by atoms with Gasteiger partial charge in [-0.3, -0.25) is 10.2 Å². The zero-order chi connectivity index (χ0) is 34.2. The first-order valence-electron chi connectivity index (χ1n) is 14.0. The highest BCUT2D eigenvalue weighted by atomic mass is 19.4. The number of halogens is 6. The van der Waals surface area contributed by atoms with E-state index in [9.17, 15) is 31.1 Å². The summed E-state index contributed by atoms with van der Waals surface area (Å²) < 4.78 is 91.8. The molecular formula is C31H28F6N6O4. The number of azide groups is 1. The van der Waals surface area contributed by atoms with Crippen molar-refractivity contribution in [3.05, 3.63) is 118 Å². The van der Waals surface area contributed by atoms with Gasteiger partial charge in [-0.25, -0.2) is 10.4 Å². The molecule has 0 fully saturated rings. The van der Waals surface area contributed by atoms with Gasteiger partial charge in [-0.15, -0.1) is 6.58 Å². The molecule has 2 atom stereocenters. The van der Waals surface area contributed by atoms with E-state index in [0.717, 1.165) is 0 Å². The van der Waals surface area contributed by atoms with Gasteiger partial charge >= 0.3 is 12.4 Å². The second-order valence-electron chi connectivity index (χ2n) is 10.3. The van der Waals surface area contributed by atoms with Crippen LogP contribution in [0.4, 0.5) is 32.0 Å². The number of alkyl halides is 6. The van der Waals surface area contributed by atoms with Crippen molar-refractivity contribution in [2.45, 2.75) is 43.4 Å². The van der Waals surface area contributed by atoms with Gasteiger partial charge in [0, 0.05) is 47.7 Å². The quantitative estimate of drug-likeness (QED) is 0.0341. The molecular weight excluding hydrogens is 634 g/mol. The van der Waals surface area contributed by atoms with Crippen molar-refractivity contribution >= 4 is 17.5 Å². The van der Waals surface area contributed by atoms with E-state index in [1.54, 1.807) is 42.5 Å². The third kappa shape index (κ3) is 8.22. The number of aliphatic hydroxyl groups is 1. The number of hydrogen-bond donors (Lipinski definition) is 3. The smallest absolute Gasteiger partial charge is 0.416 e. The van der Waals surface area contributed by atoms with Crippen LogP contribution >= 0.6 is 0 Å². The van der Waals surface area contributed by atoms with Gasteiger partial charge in [0.1, 0.15) is 5.75 Å². The molecule has 0 spiro atoms. The van der Waals surface area contributed by atoms with Crippen LogP contribution in [-0.4, -0.2) is 35.7 Å². The molecule has 3 N–H and O–H groups in total. The molecule has 0 radical (unpaired) electrons. The monoisotopic (exact) mass is 662 g/mol. The lowest BCUT2D eigenvalue weighted by Gasteiger charge is -2.30. The summed E-state index contributed by atoms with van der Waals surface area (Å²) in [6.07, 6.45) is -9.65. The first-order valence-corrected chi connectivity index (χ1v) is 14.0. The third-order valence-corrected chi connectivity index (χ3v) is 7.00. The molecule has 0 aliphatic carbocycles. The topological polar surface area (TPSA) is 141 Å². The number of carbonyl (C=O) groups excluding carboxylic acids is 1. The SMILES string of the molecule is C=CC[C@]1(C(=O)NNCc2cc(C(F)(F)F)cc(C(F)(F)F)c2)N=C(c2ccc(OCCCO)cc2)O[C@H]1c1ccccc1N=[N+]=[N-]. The van der Waals surface area contributed by atoms with Crippen LogP contribution in [0.25, 0.3) is 10.4 Å². The summed E-state index contributed by atoms with van der Waals surface area (Å²) in [5, 5.41) is 12.7. The molecule has 10 nitrogen and oxygen atoms in total. The average molecular weight is 663 g/mol. The molecule has 1 amide bonds. The minimum Gasteiger partial charge on any atom is -0.494 e. The zero-order valence-corrected chi connectivity index (χ0v) is 24.5. The average Bonchev–Trinajstić information content (AvgIpc) is 3.41. The first-order chi connectivity index (χ1) is 22.3. The molecule has 3 aromatic rings. The van der Waals surface area contributed by atoms with Gasteiger partial charge in [0.15, 0.2) is 11.6 Å². The van der Waals surface area contributed by atoms with Gasteiger partial charge in [0.25, 0.3) is 5.91 Å². The summed E-state index contributed by atoms with van der Waals surface area (Å²) in [6, 6.07) is 13.9. The fraction of sp³-hybridized carbons (Fsp3) is 0.290. The van der Waals surface area contributed by atoms with Gasteiger partial charge < -0.3 is 14.6 Å². The number of aliphatic imine (C=N–C) groups is 1. The van der Waals surface area contributed by atoms with Crippen LogP contribution in [0.5, 0.6) is 5.75 Å². The summed E-state index contributed by atoms with van der Waals surface area (Å²) in [5.74, 6) is -0.355. The van der Waals surface area contributed by atoms with E-state index in [0.29, 0.717) is 29.9 Å². The van der Waals surface area contributed by atoms with E-state index in [2.05, 4.69) is 32.4 Å². The maximum absolute atomic E-state index is 13.9. The minimum absolute atomic E-state index is 0.00676. The Labute approximate surface area is 264 Å². The number of hydrazine groups is 1. The van der Waals surface area contributed by atoms with Gasteiger partial charge in [-0.05, 0) is 53.6 Å². The van der Waals surface area contributed by atoms with Crippen molar-refractivity contribution in [3.63, 3.8) is 0 Å². The number of carbonyl (C=O) groups is 1. The van der Waals surface area contributed by atoms with Crippen LogP contribution in [0.15, 0.2) is 89.5 Å². The molecule has 248 valence electrons. The largest absolute Gasteiger partial charge is 0.494 e. The van der Waals surface area contributed by atoms with Crippen LogP contribution in [0.2, 0.25) is 0 Å². The van der Waals surface area contributed by atoms with E-state index in [4.69, 9.17) is 20.1 Å². The highest BCUT2D eigenvalue weighted by Gasteiger charge is 2.53. The Morgan fingerprint density at radius 3 is 2.34 bits per heavy atom. The maximum Gasteiger partial charge on any atom is 0.416 e. The van der Waals surface area contributed by atoms with E-state index in [-0.39, 0.29) is 42.8 Å². The number of amides is 1. The van der Waals surface area contributed by atoms with E-state index < -0.39 is 53.1 Å². The Bertz CT molecular complexity index is 1640. The second kappa shape index (κ2) is 14.6. The van der Waals surface area contributed by atoms with Crippen LogP contribution in [-0.2, 0) is 28.4 Å². The standard InChI is InChI=1S/C31H28F6N6O4/c1-2-12-29(28(45)42-39-18-19-15-21(30(32,33)34)17-22(16-19)31(35,36)37)26(24-6-3-4-7-25(24)41-43-38)47-27(40-29)20-8-10-23(11-9-20)46-14-5-13-44/h2-4,6-11,15-17,26,39,44H,1,5,12-14,18H2,(H,42,45)/t26-,29-/m0/s1. The van der Waals surface area contributed by atoms with Crippen molar-refractivity contribution < 1.29 is 45.7 Å². The van der Waals surface area contributed by atoms with Crippen molar-refractivity contribution in [1.82, 2.24) is 10.9 Å². The van der Waals surface area contributed by atoms with Crippen molar-refractivity contribution in [1.29, 1.82) is 0 Å². The molecule has 1 aliphatic heterocycles. The predicted octanol–water partition coefficient (Wildman–Crippen LogP) is 7.08. The molecule has 0 bridgehead atoms. The molecule has 0 saturated heterocycles. The summed E-state index contributed by atoms with van der Waals surface area (Å²) in [5.41, 5.74) is 9.50. The molecule has 0 saturated carbocycles. The molecule has 0 aromatic heterocycles. The van der Waals surface area contributed by atoms with Gasteiger partial charge in [-0.2, -0.15) is 26.3 Å². The Balaban J connectivity index is 1.68. The normalized spacial score (nSPS) is 17.7. The lowest BCUT2D eigenvalue weighted by atomic mass is 9.84. The number of benzene rings is 3. The van der Waals surface area contributed by atoms with Crippen LogP contribution < -0.4 is 15.6 Å². The number of rotatable bonds is 13. The van der Waals surface area contributed by atoms with E-state index in [1.807, 2.05) is 0 Å². The lowest BCUT2D eigenvalue weighted by Crippen LogP contribution is -2.52. The number of nitrogens with zero attached hydrogens (tertiary/aromatic N) is 4. The summed E-state index contributed by atoms with van der Waals surface area (Å²) in [4.78, 5) is 21.4. The molecule has 4 rings (SSSR count). The third-order valence-electron chi connectivity index (χ3n) is 7.00. The summed E-state index contributed by atoms with van der Waals surface area (Å²) >= 11 is 0. The maximum atomic E-state index is 13.9. The Morgan fingerprint density at radius 1 is 1.09 bits per heavy atom. The molecule has 47 heavy (non-hydrogen) atoms. The number of hydrogen-bond acceptors (Lipinski definition) is 7. The van der Waals surface area contributed by atoms with Gasteiger partial charge in [-0.1, -0.05) is 35.5 Å². The van der Waals surface area contributed by atoms with E-state index in [1.165, 1.54) is 12.1 Å². The lowest BCUT2D eigenvalue weighted by molar-refractivity contribution is -0.143. The number of ether oxygens (including phenoxy) is 2. The zero-order valence-electron chi connectivity index (χ0n) is 24.5. The molecule has 16 heteroatoms. The Morgan fingerprint density at radius 2 is 1.74 bits per heavy atom. The molecule has 0 unspecified atom stereocenters. The predicted molar refractivity (Wildman–Crippen MR) is 158 cm³/mol. The van der Waals surface area contributed by atoms with Crippen LogP contribution in [0, 0.1) is 0 Å². The van der Waals surface area contributed by atoms with Crippen molar-refractivity contribution in [2.24, 2.45) is 10.1 Å². The molecule has 1 aliphatic rings. The highest BCUT2D eigenvalue weighted by molar-refractivity contribution is 6.01. The highest BCUT2D eigenvalue weighted by Crippen LogP contribution is 2.45. The fourth-order valence-electron chi connectivity index (χ4n) is 4.82. The van der Waals surface area contributed by atoms with Crippen molar-refractivity contribution in [3.8, 4) is 5.75 Å². The fourth-order valence-corrected chi connectivity index (χ4v) is 4.82. The molecule has 1 heterocycles. The summed E-state index contributed by atoms with van der Waals surface area (Å²) in [7, 11) is 0. The van der Waals surface area contributed by atoms with Gasteiger partial charge in [0.2, 0.25) is 5.90 Å². The number of nitrogens with one attached hydrogen (secondary N) is 2. The second-order valence-corrected chi connectivity index (χ2v) is 10.3. The molecule has 3 aromatic carbocycles. The number of aliphatic hydroxyl groups excluding tert-OH is 1. The minimum atomic E-state index is -5.05. The first kappa shape index (κ1) is 34.8. The van der Waals surface area contributed by atoms with Crippen LogP contribution in [0.3, 0.4) is 0 Å². The van der Waals surface area contributed by atoms with Crippen LogP contribution in [0.1, 0.15) is 46.8 Å². The summed E-state index contributed by atoms with van der Waals surface area (Å²) in [6.45, 7) is 3.34. The Kier molecular flexibility index (Phi) is 10.8. The van der Waals surface area contributed by atoms with E-state index >= 15 is 0 Å².